The predicted octanol–water partition coefficient (Wildman–Crippen LogP) is 2.75. The first-order valence-electron chi connectivity index (χ1n) is 6.74. The third kappa shape index (κ3) is 2.76. The van der Waals surface area contributed by atoms with Crippen LogP contribution in [0, 0.1) is 5.82 Å². The van der Waals surface area contributed by atoms with Crippen LogP contribution in [0.15, 0.2) is 53.1 Å². The van der Waals surface area contributed by atoms with Gasteiger partial charge in [-0.05, 0) is 30.3 Å². The molecule has 0 atom stereocenters. The van der Waals surface area contributed by atoms with Crippen molar-refractivity contribution in [1.82, 2.24) is 15.1 Å². The van der Waals surface area contributed by atoms with Crippen molar-refractivity contribution in [2.24, 2.45) is 7.05 Å². The fourth-order valence-electron chi connectivity index (χ4n) is 2.15. The summed E-state index contributed by atoms with van der Waals surface area (Å²) < 4.78 is 20.4. The number of nitrogens with zero attached hydrogens (tertiary/aromatic N) is 2. The van der Waals surface area contributed by atoms with Crippen LogP contribution in [0.4, 0.5) is 4.39 Å². The first-order chi connectivity index (χ1) is 10.6. The van der Waals surface area contributed by atoms with E-state index in [1.807, 2.05) is 0 Å². The molecule has 1 amide bonds. The molecule has 5 nitrogen and oxygen atoms in total. The Morgan fingerprint density at radius 1 is 1.32 bits per heavy atom. The highest BCUT2D eigenvalue weighted by Crippen LogP contribution is 2.21. The zero-order valence-corrected chi connectivity index (χ0v) is 11.9. The summed E-state index contributed by atoms with van der Waals surface area (Å²) in [5, 5.41) is 6.93. The van der Waals surface area contributed by atoms with Gasteiger partial charge in [0.2, 0.25) is 0 Å². The number of rotatable bonds is 4. The number of amides is 1. The van der Waals surface area contributed by atoms with Crippen molar-refractivity contribution in [2.75, 3.05) is 0 Å². The molecular formula is C16H14FN3O2. The molecule has 1 N–H and O–H groups in total. The molecule has 0 saturated heterocycles. The number of aromatic nitrogens is 2. The first kappa shape index (κ1) is 14.1. The van der Waals surface area contributed by atoms with Crippen molar-refractivity contribution in [2.45, 2.75) is 6.54 Å². The van der Waals surface area contributed by atoms with Crippen LogP contribution in [-0.2, 0) is 13.6 Å². The molecule has 1 aromatic carbocycles. The molecule has 6 heteroatoms. The summed E-state index contributed by atoms with van der Waals surface area (Å²) in [5.41, 5.74) is 1.14. The van der Waals surface area contributed by atoms with E-state index >= 15 is 0 Å². The van der Waals surface area contributed by atoms with E-state index in [1.165, 1.54) is 10.7 Å². The standard InChI is InChI=1S/C16H14FN3O2/c1-20-15(16(21)18-10-11-5-4-8-22-11)9-14(19-20)12-6-2-3-7-13(12)17/h2-9H,10H2,1H3,(H,18,21). The van der Waals surface area contributed by atoms with Gasteiger partial charge in [-0.2, -0.15) is 5.10 Å². The van der Waals surface area contributed by atoms with Crippen LogP contribution in [-0.4, -0.2) is 15.7 Å². The Morgan fingerprint density at radius 2 is 2.14 bits per heavy atom. The van der Waals surface area contributed by atoms with Gasteiger partial charge in [-0.25, -0.2) is 4.39 Å². The maximum Gasteiger partial charge on any atom is 0.269 e. The Kier molecular flexibility index (Phi) is 3.74. The van der Waals surface area contributed by atoms with Crippen molar-refractivity contribution in [3.8, 4) is 11.3 Å². The van der Waals surface area contributed by atoms with E-state index in [0.717, 1.165) is 0 Å². The average Bonchev–Trinajstić information content (AvgIpc) is 3.15. The molecule has 0 bridgehead atoms. The van der Waals surface area contributed by atoms with E-state index in [-0.39, 0.29) is 18.3 Å². The zero-order valence-electron chi connectivity index (χ0n) is 11.9. The highest BCUT2D eigenvalue weighted by Gasteiger charge is 2.16. The molecule has 112 valence electrons. The van der Waals surface area contributed by atoms with Gasteiger partial charge in [0.05, 0.1) is 18.5 Å². The molecule has 0 aliphatic heterocycles. The molecule has 0 unspecified atom stereocenters. The Labute approximate surface area is 126 Å². The number of hydrogen-bond acceptors (Lipinski definition) is 3. The highest BCUT2D eigenvalue weighted by molar-refractivity contribution is 5.93. The van der Waals surface area contributed by atoms with Gasteiger partial charge in [-0.15, -0.1) is 0 Å². The second-order valence-electron chi connectivity index (χ2n) is 4.78. The Bertz CT molecular complexity index is 794. The van der Waals surface area contributed by atoms with E-state index in [9.17, 15) is 9.18 Å². The predicted molar refractivity (Wildman–Crippen MR) is 78.5 cm³/mol. The molecule has 0 fully saturated rings. The summed E-state index contributed by atoms with van der Waals surface area (Å²) >= 11 is 0. The quantitative estimate of drug-likeness (QED) is 0.806. The van der Waals surface area contributed by atoms with Gasteiger partial charge in [0.1, 0.15) is 17.3 Å². The minimum atomic E-state index is -0.372. The molecule has 22 heavy (non-hydrogen) atoms. The molecule has 2 heterocycles. The lowest BCUT2D eigenvalue weighted by Crippen LogP contribution is -2.24. The van der Waals surface area contributed by atoms with Crippen LogP contribution >= 0.6 is 0 Å². The number of nitrogens with one attached hydrogen (secondary N) is 1. The van der Waals surface area contributed by atoms with E-state index in [1.54, 1.807) is 49.7 Å². The van der Waals surface area contributed by atoms with Gasteiger partial charge < -0.3 is 9.73 Å². The number of carbonyl (C=O) groups excluding carboxylic acids is 1. The number of halogens is 1. The maximum atomic E-state index is 13.8. The average molecular weight is 299 g/mol. The lowest BCUT2D eigenvalue weighted by molar-refractivity contribution is 0.0938. The van der Waals surface area contributed by atoms with Crippen molar-refractivity contribution >= 4 is 5.91 Å². The molecule has 0 spiro atoms. The largest absolute Gasteiger partial charge is 0.467 e. The van der Waals surface area contributed by atoms with Crippen LogP contribution in [0.2, 0.25) is 0 Å². The second kappa shape index (κ2) is 5.85. The second-order valence-corrected chi connectivity index (χ2v) is 4.78. The summed E-state index contributed by atoms with van der Waals surface area (Å²) in [7, 11) is 1.64. The van der Waals surface area contributed by atoms with Crippen molar-refractivity contribution in [3.63, 3.8) is 0 Å². The van der Waals surface area contributed by atoms with Gasteiger partial charge in [0.25, 0.3) is 5.91 Å². The van der Waals surface area contributed by atoms with Crippen molar-refractivity contribution < 1.29 is 13.6 Å². The fourth-order valence-corrected chi connectivity index (χ4v) is 2.15. The maximum absolute atomic E-state index is 13.8. The molecule has 0 aliphatic carbocycles. The summed E-state index contributed by atoms with van der Waals surface area (Å²) in [6.45, 7) is 0.284. The lowest BCUT2D eigenvalue weighted by Gasteiger charge is -2.02. The molecule has 0 aliphatic rings. The van der Waals surface area contributed by atoms with Crippen LogP contribution < -0.4 is 5.32 Å². The smallest absolute Gasteiger partial charge is 0.269 e. The minimum Gasteiger partial charge on any atom is -0.467 e. The topological polar surface area (TPSA) is 60.1 Å². The van der Waals surface area contributed by atoms with Gasteiger partial charge >= 0.3 is 0 Å². The molecule has 3 aromatic rings. The zero-order chi connectivity index (χ0) is 15.5. The lowest BCUT2D eigenvalue weighted by atomic mass is 10.1. The molecule has 0 radical (unpaired) electrons. The Hall–Kier alpha value is -2.89. The molecule has 0 saturated carbocycles. The van der Waals surface area contributed by atoms with Gasteiger partial charge in [-0.3, -0.25) is 9.48 Å². The van der Waals surface area contributed by atoms with E-state index in [2.05, 4.69) is 10.4 Å². The molecule has 2 aromatic heterocycles. The first-order valence-corrected chi connectivity index (χ1v) is 6.74. The monoisotopic (exact) mass is 299 g/mol. The SMILES string of the molecule is Cn1nc(-c2ccccc2F)cc1C(=O)NCc1ccco1. The van der Waals surface area contributed by atoms with E-state index < -0.39 is 0 Å². The number of hydrogen-bond donors (Lipinski definition) is 1. The Morgan fingerprint density at radius 3 is 2.86 bits per heavy atom. The van der Waals surface area contributed by atoms with Crippen molar-refractivity contribution in [3.05, 3.63) is 66.0 Å². The van der Waals surface area contributed by atoms with E-state index in [4.69, 9.17) is 4.42 Å². The molecule has 3 rings (SSSR count). The summed E-state index contributed by atoms with van der Waals surface area (Å²) in [5.74, 6) is -0.0121. The number of furan rings is 1. The van der Waals surface area contributed by atoms with Gasteiger partial charge in [0, 0.05) is 12.6 Å². The molecular weight excluding hydrogens is 285 g/mol. The number of benzene rings is 1. The third-order valence-corrected chi connectivity index (χ3v) is 3.27. The van der Waals surface area contributed by atoms with Crippen LogP contribution in [0.3, 0.4) is 0 Å². The van der Waals surface area contributed by atoms with Gasteiger partial charge in [-0.1, -0.05) is 12.1 Å². The van der Waals surface area contributed by atoms with Crippen molar-refractivity contribution in [1.29, 1.82) is 0 Å². The highest BCUT2D eigenvalue weighted by atomic mass is 19.1. The minimum absolute atomic E-state index is 0.284. The third-order valence-electron chi connectivity index (χ3n) is 3.27. The van der Waals surface area contributed by atoms with Crippen LogP contribution in [0.25, 0.3) is 11.3 Å². The van der Waals surface area contributed by atoms with Gasteiger partial charge in [0.15, 0.2) is 0 Å². The normalized spacial score (nSPS) is 10.6. The number of aryl methyl sites for hydroxylation is 1. The Balaban J connectivity index is 1.80. The number of carbonyl (C=O) groups is 1. The van der Waals surface area contributed by atoms with Crippen LogP contribution in [0.5, 0.6) is 0 Å². The fraction of sp³-hybridized carbons (Fsp3) is 0.125. The van der Waals surface area contributed by atoms with Crippen LogP contribution in [0.1, 0.15) is 16.2 Å². The van der Waals surface area contributed by atoms with E-state index in [0.29, 0.717) is 22.7 Å². The summed E-state index contributed by atoms with van der Waals surface area (Å²) in [4.78, 5) is 12.2. The summed E-state index contributed by atoms with van der Waals surface area (Å²) in [6, 6.07) is 11.4. The summed E-state index contributed by atoms with van der Waals surface area (Å²) in [6.07, 6.45) is 1.54.